The quantitative estimate of drug-likeness (QED) is 0.799. The molecule has 0 radical (unpaired) electrons. The molecule has 1 aliphatic heterocycles. The number of anilines is 1. The van der Waals surface area contributed by atoms with E-state index in [4.69, 9.17) is 0 Å². The Balaban J connectivity index is 2.09. The van der Waals surface area contributed by atoms with Gasteiger partial charge in [0, 0.05) is 13.1 Å². The standard InChI is InChI=1S/C12H14BrF3N4O/c13-10-9(18-5-8-1-3-17-4-2-8)6-19-20(11(10)21)7-12(14,15)16/h1,6,17-18H,2-5,7H2. The highest BCUT2D eigenvalue weighted by Gasteiger charge is 2.29. The van der Waals surface area contributed by atoms with E-state index < -0.39 is 18.3 Å². The van der Waals surface area contributed by atoms with Gasteiger partial charge in [0.2, 0.25) is 0 Å². The molecule has 2 heterocycles. The molecule has 2 N–H and O–H groups in total. The third-order valence-corrected chi connectivity index (χ3v) is 3.74. The minimum Gasteiger partial charge on any atom is -0.379 e. The van der Waals surface area contributed by atoms with Crippen molar-refractivity contribution in [2.45, 2.75) is 19.1 Å². The molecule has 116 valence electrons. The van der Waals surface area contributed by atoms with Crippen molar-refractivity contribution in [1.82, 2.24) is 15.1 Å². The number of alkyl halides is 3. The molecule has 21 heavy (non-hydrogen) atoms. The van der Waals surface area contributed by atoms with Gasteiger partial charge in [0.15, 0.2) is 0 Å². The van der Waals surface area contributed by atoms with Gasteiger partial charge in [0.05, 0.1) is 11.9 Å². The summed E-state index contributed by atoms with van der Waals surface area (Å²) >= 11 is 3.03. The summed E-state index contributed by atoms with van der Waals surface area (Å²) in [7, 11) is 0. The molecule has 0 bridgehead atoms. The van der Waals surface area contributed by atoms with Gasteiger partial charge in [0.25, 0.3) is 5.56 Å². The van der Waals surface area contributed by atoms with Crippen molar-refractivity contribution in [3.63, 3.8) is 0 Å². The fourth-order valence-corrected chi connectivity index (χ4v) is 2.36. The lowest BCUT2D eigenvalue weighted by atomic mass is 10.1. The SMILES string of the molecule is O=c1c(Br)c(NCC2=CCNCC2)cnn1CC(F)(F)F. The second kappa shape index (κ2) is 6.61. The van der Waals surface area contributed by atoms with Gasteiger partial charge in [-0.25, -0.2) is 4.68 Å². The molecule has 0 amide bonds. The van der Waals surface area contributed by atoms with Crippen LogP contribution in [0.5, 0.6) is 0 Å². The maximum atomic E-state index is 12.3. The van der Waals surface area contributed by atoms with E-state index in [1.54, 1.807) is 0 Å². The van der Waals surface area contributed by atoms with Crippen LogP contribution in [0, 0.1) is 0 Å². The van der Waals surface area contributed by atoms with Crippen molar-refractivity contribution in [3.8, 4) is 0 Å². The Hall–Kier alpha value is -1.35. The molecule has 0 aromatic carbocycles. The Bertz CT molecular complexity index is 597. The zero-order valence-corrected chi connectivity index (χ0v) is 12.6. The van der Waals surface area contributed by atoms with Gasteiger partial charge in [-0.1, -0.05) is 11.6 Å². The molecular formula is C12H14BrF3N4O. The minimum atomic E-state index is -4.48. The Morgan fingerprint density at radius 1 is 1.48 bits per heavy atom. The van der Waals surface area contributed by atoms with Crippen LogP contribution in [0.15, 0.2) is 27.1 Å². The van der Waals surface area contributed by atoms with Crippen LogP contribution in [0.3, 0.4) is 0 Å². The highest BCUT2D eigenvalue weighted by atomic mass is 79.9. The van der Waals surface area contributed by atoms with Crippen molar-refractivity contribution < 1.29 is 13.2 Å². The summed E-state index contributed by atoms with van der Waals surface area (Å²) in [6.07, 6.45) is -0.324. The third kappa shape index (κ3) is 4.57. The lowest BCUT2D eigenvalue weighted by molar-refractivity contribution is -0.143. The Morgan fingerprint density at radius 3 is 2.86 bits per heavy atom. The zero-order valence-electron chi connectivity index (χ0n) is 11.0. The molecule has 0 fully saturated rings. The van der Waals surface area contributed by atoms with E-state index in [9.17, 15) is 18.0 Å². The largest absolute Gasteiger partial charge is 0.408 e. The lowest BCUT2D eigenvalue weighted by Crippen LogP contribution is -2.31. The van der Waals surface area contributed by atoms with Gasteiger partial charge in [-0.2, -0.15) is 18.3 Å². The maximum absolute atomic E-state index is 12.3. The summed E-state index contributed by atoms with van der Waals surface area (Å²) < 4.78 is 37.3. The highest BCUT2D eigenvalue weighted by Crippen LogP contribution is 2.20. The molecule has 2 rings (SSSR count). The predicted molar refractivity (Wildman–Crippen MR) is 76.3 cm³/mol. The summed E-state index contributed by atoms with van der Waals surface area (Å²) in [6, 6.07) is 0. The number of aromatic nitrogens is 2. The Morgan fingerprint density at radius 2 is 2.24 bits per heavy atom. The second-order valence-corrected chi connectivity index (χ2v) is 5.41. The summed E-state index contributed by atoms with van der Waals surface area (Å²) in [4.78, 5) is 11.8. The number of rotatable bonds is 4. The van der Waals surface area contributed by atoms with E-state index >= 15 is 0 Å². The van der Waals surface area contributed by atoms with Crippen LogP contribution in [-0.2, 0) is 6.54 Å². The first-order valence-electron chi connectivity index (χ1n) is 6.32. The average molecular weight is 367 g/mol. The number of hydrogen-bond acceptors (Lipinski definition) is 4. The third-order valence-electron chi connectivity index (χ3n) is 2.98. The molecule has 0 unspecified atom stereocenters. The van der Waals surface area contributed by atoms with Crippen LogP contribution in [0.2, 0.25) is 0 Å². The van der Waals surface area contributed by atoms with Gasteiger partial charge in [0.1, 0.15) is 11.0 Å². The van der Waals surface area contributed by atoms with Crippen LogP contribution in [-0.4, -0.2) is 35.6 Å². The number of nitrogens with zero attached hydrogens (tertiary/aromatic N) is 2. The molecule has 0 aliphatic carbocycles. The highest BCUT2D eigenvalue weighted by molar-refractivity contribution is 9.10. The molecule has 9 heteroatoms. The molecule has 1 aromatic heterocycles. The molecular weight excluding hydrogens is 353 g/mol. The van der Waals surface area contributed by atoms with E-state index in [1.165, 1.54) is 11.8 Å². The van der Waals surface area contributed by atoms with Gasteiger partial charge in [-0.05, 0) is 28.9 Å². The van der Waals surface area contributed by atoms with E-state index in [1.807, 2.05) is 6.08 Å². The van der Waals surface area contributed by atoms with Gasteiger partial charge >= 0.3 is 6.18 Å². The first-order valence-corrected chi connectivity index (χ1v) is 7.11. The van der Waals surface area contributed by atoms with Gasteiger partial charge < -0.3 is 10.6 Å². The van der Waals surface area contributed by atoms with Gasteiger partial charge in [-0.3, -0.25) is 4.79 Å². The fourth-order valence-electron chi connectivity index (χ4n) is 1.91. The van der Waals surface area contributed by atoms with E-state index in [2.05, 4.69) is 31.7 Å². The minimum absolute atomic E-state index is 0.0521. The van der Waals surface area contributed by atoms with E-state index in [-0.39, 0.29) is 4.47 Å². The second-order valence-electron chi connectivity index (χ2n) is 4.62. The summed E-state index contributed by atoms with van der Waals surface area (Å²) in [5.74, 6) is 0. The fraction of sp³-hybridized carbons (Fsp3) is 0.500. The molecule has 1 aromatic rings. The number of nitrogens with one attached hydrogen (secondary N) is 2. The molecule has 5 nitrogen and oxygen atoms in total. The molecule has 1 aliphatic rings. The normalized spacial score (nSPS) is 15.7. The Kier molecular flexibility index (Phi) is 5.04. The van der Waals surface area contributed by atoms with Crippen LogP contribution in [0.4, 0.5) is 18.9 Å². The van der Waals surface area contributed by atoms with Crippen LogP contribution in [0.25, 0.3) is 0 Å². The van der Waals surface area contributed by atoms with Crippen molar-refractivity contribution in [1.29, 1.82) is 0 Å². The van der Waals surface area contributed by atoms with E-state index in [0.717, 1.165) is 19.5 Å². The van der Waals surface area contributed by atoms with Crippen molar-refractivity contribution in [2.24, 2.45) is 0 Å². The van der Waals surface area contributed by atoms with E-state index in [0.29, 0.717) is 16.9 Å². The summed E-state index contributed by atoms with van der Waals surface area (Å²) in [6.45, 7) is 0.815. The average Bonchev–Trinajstić information content (AvgIpc) is 2.43. The number of halogens is 4. The van der Waals surface area contributed by atoms with Crippen molar-refractivity contribution in [2.75, 3.05) is 25.0 Å². The zero-order chi connectivity index (χ0) is 15.5. The topological polar surface area (TPSA) is 59.0 Å². The maximum Gasteiger partial charge on any atom is 0.408 e. The van der Waals surface area contributed by atoms with Crippen LogP contribution >= 0.6 is 15.9 Å². The molecule has 0 saturated carbocycles. The smallest absolute Gasteiger partial charge is 0.379 e. The van der Waals surface area contributed by atoms with Gasteiger partial charge in [-0.15, -0.1) is 0 Å². The van der Waals surface area contributed by atoms with Crippen LogP contribution < -0.4 is 16.2 Å². The van der Waals surface area contributed by atoms with Crippen molar-refractivity contribution >= 4 is 21.6 Å². The molecule has 0 spiro atoms. The monoisotopic (exact) mass is 366 g/mol. The first kappa shape index (κ1) is 16.0. The van der Waals surface area contributed by atoms with Crippen molar-refractivity contribution in [3.05, 3.63) is 32.7 Å². The summed E-state index contributed by atoms with van der Waals surface area (Å²) in [5.41, 5.74) is 0.759. The lowest BCUT2D eigenvalue weighted by Gasteiger charge is -2.16. The predicted octanol–water partition coefficient (Wildman–Crippen LogP) is 1.90. The Labute approximate surface area is 127 Å². The molecule has 0 saturated heterocycles. The summed E-state index contributed by atoms with van der Waals surface area (Å²) in [5, 5.41) is 9.74. The molecule has 0 atom stereocenters. The van der Waals surface area contributed by atoms with Crippen LogP contribution in [0.1, 0.15) is 6.42 Å². The number of hydrogen-bond donors (Lipinski definition) is 2. The first-order chi connectivity index (χ1) is 9.87.